The van der Waals surface area contributed by atoms with E-state index < -0.39 is 10.0 Å². The molecule has 152 valence electrons. The molecule has 1 fully saturated rings. The van der Waals surface area contributed by atoms with Crippen LogP contribution in [-0.2, 0) is 10.0 Å². The van der Waals surface area contributed by atoms with E-state index >= 15 is 0 Å². The van der Waals surface area contributed by atoms with Crippen LogP contribution in [0.1, 0.15) is 17.9 Å². The zero-order valence-corrected chi connectivity index (χ0v) is 17.0. The van der Waals surface area contributed by atoms with Gasteiger partial charge in [-0.25, -0.2) is 8.42 Å². The Morgan fingerprint density at radius 2 is 1.86 bits per heavy atom. The Kier molecular flexibility index (Phi) is 5.06. The number of hydrogen-bond donors (Lipinski definition) is 1. The van der Waals surface area contributed by atoms with Crippen LogP contribution in [0.4, 0.5) is 0 Å². The molecule has 0 spiro atoms. The third kappa shape index (κ3) is 3.61. The number of nitrogens with one attached hydrogen (secondary N) is 1. The van der Waals surface area contributed by atoms with Crippen molar-refractivity contribution in [1.82, 2.24) is 9.29 Å². The molecule has 0 unspecified atom stereocenters. The molecule has 0 bridgehead atoms. The van der Waals surface area contributed by atoms with Crippen LogP contribution in [0.5, 0.6) is 11.5 Å². The van der Waals surface area contributed by atoms with E-state index in [2.05, 4.69) is 4.98 Å². The van der Waals surface area contributed by atoms with Gasteiger partial charge in [0.1, 0.15) is 11.5 Å². The van der Waals surface area contributed by atoms with E-state index in [1.165, 1.54) is 16.4 Å². The quantitative estimate of drug-likeness (QED) is 0.694. The number of sulfonamides is 1. The van der Waals surface area contributed by atoms with Gasteiger partial charge in [0, 0.05) is 36.2 Å². The summed E-state index contributed by atoms with van der Waals surface area (Å²) in [6.07, 6.45) is 0.698. The predicted octanol–water partition coefficient (Wildman–Crippen LogP) is 2.72. The number of ether oxygens (including phenoxy) is 2. The Labute approximate surface area is 168 Å². The minimum absolute atomic E-state index is 0.0200. The smallest absolute Gasteiger partial charge is 0.248 e. The fourth-order valence-corrected chi connectivity index (χ4v) is 5.34. The number of nitrogens with zero attached hydrogens (tertiary/aromatic N) is 1. The van der Waals surface area contributed by atoms with Crippen LogP contribution < -0.4 is 15.0 Å². The second-order valence-corrected chi connectivity index (χ2v) is 8.97. The Bertz CT molecular complexity index is 1220. The molecule has 1 atom stereocenters. The molecule has 1 aliphatic rings. The van der Waals surface area contributed by atoms with E-state index in [4.69, 9.17) is 9.47 Å². The summed E-state index contributed by atoms with van der Waals surface area (Å²) in [4.78, 5) is 14.4. The minimum atomic E-state index is -3.65. The fraction of sp³-hybridized carbons (Fsp3) is 0.286. The van der Waals surface area contributed by atoms with Gasteiger partial charge in [-0.05, 0) is 54.3 Å². The van der Waals surface area contributed by atoms with Crippen LogP contribution >= 0.6 is 0 Å². The van der Waals surface area contributed by atoms with Crippen molar-refractivity contribution in [2.45, 2.75) is 17.2 Å². The van der Waals surface area contributed by atoms with Crippen molar-refractivity contribution in [3.8, 4) is 11.5 Å². The molecule has 7 nitrogen and oxygen atoms in total. The highest BCUT2D eigenvalue weighted by Crippen LogP contribution is 2.37. The van der Waals surface area contributed by atoms with Gasteiger partial charge in [-0.2, -0.15) is 4.31 Å². The summed E-state index contributed by atoms with van der Waals surface area (Å²) in [5, 5.41) is 0.677. The molecule has 0 radical (unpaired) electrons. The van der Waals surface area contributed by atoms with Crippen molar-refractivity contribution >= 4 is 20.9 Å². The molecule has 1 N–H and O–H groups in total. The molecule has 0 saturated carbocycles. The number of methoxy groups -OCH3 is 2. The molecule has 3 aromatic rings. The Morgan fingerprint density at radius 3 is 2.62 bits per heavy atom. The molecule has 2 heterocycles. The molecule has 1 aliphatic heterocycles. The number of pyridine rings is 1. The van der Waals surface area contributed by atoms with Crippen molar-refractivity contribution in [1.29, 1.82) is 0 Å². The van der Waals surface area contributed by atoms with E-state index in [9.17, 15) is 13.2 Å². The number of H-pyrrole nitrogens is 1. The normalized spacial score (nSPS) is 17.5. The molecule has 8 heteroatoms. The first-order chi connectivity index (χ1) is 13.9. The van der Waals surface area contributed by atoms with Gasteiger partial charge in [0.2, 0.25) is 15.6 Å². The van der Waals surface area contributed by atoms with Gasteiger partial charge in [-0.1, -0.05) is 0 Å². The monoisotopic (exact) mass is 414 g/mol. The molecular formula is C21H22N2O5S. The lowest BCUT2D eigenvalue weighted by molar-refractivity contribution is 0.394. The minimum Gasteiger partial charge on any atom is -0.497 e. The summed E-state index contributed by atoms with van der Waals surface area (Å²) in [5.41, 5.74) is 1.33. The first kappa shape index (κ1) is 19.5. The van der Waals surface area contributed by atoms with Gasteiger partial charge < -0.3 is 14.5 Å². The summed E-state index contributed by atoms with van der Waals surface area (Å²) >= 11 is 0. The van der Waals surface area contributed by atoms with E-state index in [0.29, 0.717) is 36.2 Å². The van der Waals surface area contributed by atoms with Crippen molar-refractivity contribution in [3.05, 3.63) is 64.4 Å². The van der Waals surface area contributed by atoms with Gasteiger partial charge in [0.25, 0.3) is 0 Å². The maximum absolute atomic E-state index is 13.2. The number of hydrogen-bond acceptors (Lipinski definition) is 5. The van der Waals surface area contributed by atoms with Gasteiger partial charge in [-0.15, -0.1) is 0 Å². The van der Waals surface area contributed by atoms with Crippen LogP contribution in [0, 0.1) is 0 Å². The molecule has 0 aliphatic carbocycles. The zero-order chi connectivity index (χ0) is 20.6. The molecule has 1 saturated heterocycles. The lowest BCUT2D eigenvalue weighted by Crippen LogP contribution is -2.28. The Balaban J connectivity index is 1.63. The Morgan fingerprint density at radius 1 is 1.03 bits per heavy atom. The maximum Gasteiger partial charge on any atom is 0.248 e. The second kappa shape index (κ2) is 7.53. The lowest BCUT2D eigenvalue weighted by Gasteiger charge is -2.18. The van der Waals surface area contributed by atoms with Crippen LogP contribution in [-0.4, -0.2) is 45.0 Å². The number of aromatic amines is 1. The summed E-state index contributed by atoms with van der Waals surface area (Å²) in [6, 6.07) is 13.3. The van der Waals surface area contributed by atoms with Gasteiger partial charge in [0.05, 0.1) is 19.1 Å². The Hall–Kier alpha value is -2.84. The molecule has 4 rings (SSSR count). The lowest BCUT2D eigenvalue weighted by atomic mass is 9.97. The highest BCUT2D eigenvalue weighted by Gasteiger charge is 2.34. The molecule has 2 aromatic carbocycles. The number of benzene rings is 2. The topological polar surface area (TPSA) is 88.7 Å². The average molecular weight is 414 g/mol. The molecular weight excluding hydrogens is 392 g/mol. The molecule has 1 aromatic heterocycles. The van der Waals surface area contributed by atoms with Crippen molar-refractivity contribution in [2.75, 3.05) is 27.3 Å². The van der Waals surface area contributed by atoms with Gasteiger partial charge >= 0.3 is 0 Å². The zero-order valence-electron chi connectivity index (χ0n) is 16.2. The SMILES string of the molecule is COc1ccc(OC)c([C@@H]2CCN(S(=O)(=O)c3ccc4[nH]c(=O)ccc4c3)C2)c1. The van der Waals surface area contributed by atoms with Crippen molar-refractivity contribution in [2.24, 2.45) is 0 Å². The van der Waals surface area contributed by atoms with Crippen molar-refractivity contribution < 1.29 is 17.9 Å². The van der Waals surface area contributed by atoms with E-state index in [1.54, 1.807) is 32.4 Å². The number of rotatable bonds is 5. The average Bonchev–Trinajstić information content (AvgIpc) is 3.23. The maximum atomic E-state index is 13.2. The van der Waals surface area contributed by atoms with Crippen LogP contribution in [0.25, 0.3) is 10.9 Å². The fourth-order valence-electron chi connectivity index (χ4n) is 3.80. The van der Waals surface area contributed by atoms with E-state index in [1.807, 2.05) is 18.2 Å². The molecule has 0 amide bonds. The summed E-state index contributed by atoms with van der Waals surface area (Å²) in [6.45, 7) is 0.798. The van der Waals surface area contributed by atoms with Gasteiger partial charge in [0.15, 0.2) is 0 Å². The van der Waals surface area contributed by atoms with E-state index in [-0.39, 0.29) is 16.4 Å². The standard InChI is InChI=1S/C21H22N2O5S/c1-27-16-4-7-20(28-2)18(12-16)15-9-10-23(13-15)29(25,26)17-5-6-19-14(11-17)3-8-21(24)22-19/h3-8,11-12,15H,9-10,13H2,1-2H3,(H,22,24)/t15-/m1/s1. The molecule has 29 heavy (non-hydrogen) atoms. The van der Waals surface area contributed by atoms with Crippen molar-refractivity contribution in [3.63, 3.8) is 0 Å². The van der Waals surface area contributed by atoms with Crippen LogP contribution in [0.3, 0.4) is 0 Å². The third-order valence-corrected chi connectivity index (χ3v) is 7.22. The highest BCUT2D eigenvalue weighted by atomic mass is 32.2. The largest absolute Gasteiger partial charge is 0.497 e. The summed E-state index contributed by atoms with van der Waals surface area (Å²) < 4.78 is 38.7. The third-order valence-electron chi connectivity index (χ3n) is 5.36. The highest BCUT2D eigenvalue weighted by molar-refractivity contribution is 7.89. The van der Waals surface area contributed by atoms with Crippen LogP contribution in [0.15, 0.2) is 58.2 Å². The number of fused-ring (bicyclic) bond motifs is 1. The first-order valence-electron chi connectivity index (χ1n) is 9.27. The van der Waals surface area contributed by atoms with Crippen LogP contribution in [0.2, 0.25) is 0 Å². The first-order valence-corrected chi connectivity index (χ1v) is 10.7. The van der Waals surface area contributed by atoms with Gasteiger partial charge in [-0.3, -0.25) is 4.79 Å². The van der Waals surface area contributed by atoms with E-state index in [0.717, 1.165) is 11.3 Å². The predicted molar refractivity (Wildman–Crippen MR) is 110 cm³/mol. The number of aromatic nitrogens is 1. The second-order valence-electron chi connectivity index (χ2n) is 7.03. The summed E-state index contributed by atoms with van der Waals surface area (Å²) in [5.74, 6) is 1.46. The summed E-state index contributed by atoms with van der Waals surface area (Å²) in [7, 11) is -0.441.